The van der Waals surface area contributed by atoms with Crippen LogP contribution in [0.15, 0.2) is 42.5 Å². The predicted octanol–water partition coefficient (Wildman–Crippen LogP) is 3.38. The number of hydrogen-bond acceptors (Lipinski definition) is 2. The molecule has 0 amide bonds. The van der Waals surface area contributed by atoms with Crippen molar-refractivity contribution in [2.75, 3.05) is 11.9 Å². The van der Waals surface area contributed by atoms with E-state index in [0.717, 1.165) is 23.8 Å². The van der Waals surface area contributed by atoms with Crippen LogP contribution in [0.4, 0.5) is 14.5 Å². The minimum Gasteiger partial charge on any atom is -0.488 e. The SMILES string of the molecule is Fc1cccc(NCC2Cc3ccccc3O2)c1F. The second-order valence-corrected chi connectivity index (χ2v) is 4.53. The Kier molecular flexibility index (Phi) is 3.07. The van der Waals surface area contributed by atoms with Crippen molar-refractivity contribution in [1.29, 1.82) is 0 Å². The Balaban J connectivity index is 1.64. The molecule has 2 aromatic rings. The molecule has 1 heterocycles. The highest BCUT2D eigenvalue weighted by atomic mass is 19.2. The lowest BCUT2D eigenvalue weighted by molar-refractivity contribution is 0.246. The normalized spacial score (nSPS) is 16.8. The number of benzene rings is 2. The molecule has 0 saturated carbocycles. The Hall–Kier alpha value is -2.10. The molecule has 3 rings (SSSR count). The lowest BCUT2D eigenvalue weighted by Crippen LogP contribution is -2.24. The van der Waals surface area contributed by atoms with Gasteiger partial charge in [0, 0.05) is 6.42 Å². The van der Waals surface area contributed by atoms with E-state index in [-0.39, 0.29) is 11.8 Å². The van der Waals surface area contributed by atoms with Crippen LogP contribution in [0.2, 0.25) is 0 Å². The van der Waals surface area contributed by atoms with Crippen molar-refractivity contribution in [1.82, 2.24) is 0 Å². The highest BCUT2D eigenvalue weighted by Crippen LogP contribution is 2.28. The zero-order valence-corrected chi connectivity index (χ0v) is 10.2. The molecule has 0 aromatic heterocycles. The Bertz CT molecular complexity index is 575. The second kappa shape index (κ2) is 4.88. The summed E-state index contributed by atoms with van der Waals surface area (Å²) in [5, 5.41) is 2.89. The minimum absolute atomic E-state index is 0.0555. The third kappa shape index (κ3) is 2.38. The average Bonchev–Trinajstić information content (AvgIpc) is 2.83. The van der Waals surface area contributed by atoms with Crippen LogP contribution in [0.1, 0.15) is 5.56 Å². The van der Waals surface area contributed by atoms with Gasteiger partial charge in [0.2, 0.25) is 0 Å². The zero-order chi connectivity index (χ0) is 13.2. The molecule has 1 atom stereocenters. The monoisotopic (exact) mass is 261 g/mol. The molecule has 1 aliphatic rings. The maximum Gasteiger partial charge on any atom is 0.181 e. The van der Waals surface area contributed by atoms with Crippen LogP contribution >= 0.6 is 0 Å². The van der Waals surface area contributed by atoms with Gasteiger partial charge in [-0.05, 0) is 23.8 Å². The van der Waals surface area contributed by atoms with E-state index >= 15 is 0 Å². The molecule has 4 heteroatoms. The summed E-state index contributed by atoms with van der Waals surface area (Å²) in [6, 6.07) is 11.9. The first-order chi connectivity index (χ1) is 9.24. The Labute approximate surface area is 110 Å². The second-order valence-electron chi connectivity index (χ2n) is 4.53. The molecule has 19 heavy (non-hydrogen) atoms. The summed E-state index contributed by atoms with van der Waals surface area (Å²) in [7, 11) is 0. The minimum atomic E-state index is -0.849. The summed E-state index contributed by atoms with van der Waals surface area (Å²) in [5.74, 6) is -0.826. The van der Waals surface area contributed by atoms with Crippen LogP contribution in [-0.4, -0.2) is 12.6 Å². The number of fused-ring (bicyclic) bond motifs is 1. The average molecular weight is 261 g/mol. The lowest BCUT2D eigenvalue weighted by atomic mass is 10.1. The number of ether oxygens (including phenoxy) is 1. The van der Waals surface area contributed by atoms with Gasteiger partial charge in [-0.15, -0.1) is 0 Å². The Morgan fingerprint density at radius 1 is 1.11 bits per heavy atom. The topological polar surface area (TPSA) is 21.3 Å². The molecule has 1 N–H and O–H groups in total. The van der Waals surface area contributed by atoms with Crippen molar-refractivity contribution in [3.05, 3.63) is 59.7 Å². The van der Waals surface area contributed by atoms with E-state index in [2.05, 4.69) is 5.32 Å². The number of anilines is 1. The van der Waals surface area contributed by atoms with Crippen LogP contribution in [0.25, 0.3) is 0 Å². The highest BCUT2D eigenvalue weighted by Gasteiger charge is 2.22. The molecular weight excluding hydrogens is 248 g/mol. The maximum absolute atomic E-state index is 13.5. The predicted molar refractivity (Wildman–Crippen MR) is 69.4 cm³/mol. The van der Waals surface area contributed by atoms with E-state index in [9.17, 15) is 8.78 Å². The van der Waals surface area contributed by atoms with Crippen molar-refractivity contribution in [2.24, 2.45) is 0 Å². The molecule has 0 spiro atoms. The molecule has 1 aliphatic heterocycles. The molecule has 0 fully saturated rings. The largest absolute Gasteiger partial charge is 0.488 e. The van der Waals surface area contributed by atoms with Gasteiger partial charge in [-0.2, -0.15) is 0 Å². The van der Waals surface area contributed by atoms with Crippen LogP contribution < -0.4 is 10.1 Å². The van der Waals surface area contributed by atoms with Crippen molar-refractivity contribution >= 4 is 5.69 Å². The lowest BCUT2D eigenvalue weighted by Gasteiger charge is -2.13. The summed E-state index contributed by atoms with van der Waals surface area (Å²) in [6.45, 7) is 0.440. The fourth-order valence-electron chi connectivity index (χ4n) is 2.23. The van der Waals surface area contributed by atoms with Crippen molar-refractivity contribution in [3.63, 3.8) is 0 Å². The first-order valence-corrected chi connectivity index (χ1v) is 6.16. The van der Waals surface area contributed by atoms with Gasteiger partial charge in [-0.1, -0.05) is 24.3 Å². The standard InChI is InChI=1S/C15H13F2NO/c16-12-5-3-6-13(15(12)17)18-9-11-8-10-4-1-2-7-14(10)19-11/h1-7,11,18H,8-9H2. The van der Waals surface area contributed by atoms with Gasteiger partial charge in [0.15, 0.2) is 11.6 Å². The zero-order valence-electron chi connectivity index (χ0n) is 10.2. The highest BCUT2D eigenvalue weighted by molar-refractivity contribution is 5.45. The van der Waals surface area contributed by atoms with Gasteiger partial charge in [0.05, 0.1) is 12.2 Å². The number of nitrogens with one attached hydrogen (secondary N) is 1. The van der Waals surface area contributed by atoms with E-state index in [4.69, 9.17) is 4.74 Å². The summed E-state index contributed by atoms with van der Waals surface area (Å²) < 4.78 is 32.2. The van der Waals surface area contributed by atoms with Crippen molar-refractivity contribution in [3.8, 4) is 5.75 Å². The van der Waals surface area contributed by atoms with Gasteiger partial charge in [0.25, 0.3) is 0 Å². The first-order valence-electron chi connectivity index (χ1n) is 6.16. The van der Waals surface area contributed by atoms with E-state index < -0.39 is 11.6 Å². The summed E-state index contributed by atoms with van der Waals surface area (Å²) >= 11 is 0. The van der Waals surface area contributed by atoms with E-state index in [1.54, 1.807) is 0 Å². The number of halogens is 2. The Morgan fingerprint density at radius 2 is 1.95 bits per heavy atom. The third-order valence-corrected chi connectivity index (χ3v) is 3.19. The molecule has 2 aromatic carbocycles. The fraction of sp³-hybridized carbons (Fsp3) is 0.200. The van der Waals surface area contributed by atoms with Crippen LogP contribution in [0, 0.1) is 11.6 Å². The molecule has 98 valence electrons. The van der Waals surface area contributed by atoms with Gasteiger partial charge >= 0.3 is 0 Å². The molecule has 2 nitrogen and oxygen atoms in total. The molecule has 0 aliphatic carbocycles. The van der Waals surface area contributed by atoms with E-state index in [1.807, 2.05) is 24.3 Å². The number of rotatable bonds is 3. The van der Waals surface area contributed by atoms with Gasteiger partial charge < -0.3 is 10.1 Å². The van der Waals surface area contributed by atoms with Gasteiger partial charge in [0.1, 0.15) is 11.9 Å². The van der Waals surface area contributed by atoms with Crippen molar-refractivity contribution in [2.45, 2.75) is 12.5 Å². The quantitative estimate of drug-likeness (QED) is 0.914. The summed E-state index contributed by atoms with van der Waals surface area (Å²) in [4.78, 5) is 0. The van der Waals surface area contributed by atoms with Gasteiger partial charge in [-0.25, -0.2) is 8.78 Å². The van der Waals surface area contributed by atoms with E-state index in [1.165, 1.54) is 12.1 Å². The molecular formula is C15H13F2NO. The molecule has 0 radical (unpaired) electrons. The number of para-hydroxylation sites is 1. The summed E-state index contributed by atoms with van der Waals surface area (Å²) in [6.07, 6.45) is 0.722. The smallest absolute Gasteiger partial charge is 0.181 e. The van der Waals surface area contributed by atoms with Crippen LogP contribution in [0.5, 0.6) is 5.75 Å². The fourth-order valence-corrected chi connectivity index (χ4v) is 2.23. The number of hydrogen-bond donors (Lipinski definition) is 1. The summed E-state index contributed by atoms with van der Waals surface area (Å²) in [5.41, 5.74) is 1.31. The maximum atomic E-state index is 13.5. The van der Waals surface area contributed by atoms with Gasteiger partial charge in [-0.3, -0.25) is 0 Å². The first kappa shape index (κ1) is 12.0. The van der Waals surface area contributed by atoms with E-state index in [0.29, 0.717) is 6.54 Å². The van der Waals surface area contributed by atoms with Crippen molar-refractivity contribution < 1.29 is 13.5 Å². The Morgan fingerprint density at radius 3 is 2.79 bits per heavy atom. The third-order valence-electron chi connectivity index (χ3n) is 3.19. The molecule has 1 unspecified atom stereocenters. The van der Waals surface area contributed by atoms with Crippen LogP contribution in [-0.2, 0) is 6.42 Å². The van der Waals surface area contributed by atoms with Crippen LogP contribution in [0.3, 0.4) is 0 Å². The molecule has 0 saturated heterocycles. The molecule has 0 bridgehead atoms.